The second-order valence-electron chi connectivity index (χ2n) is 6.37. The van der Waals surface area contributed by atoms with Crippen LogP contribution in [-0.2, 0) is 0 Å². The topological polar surface area (TPSA) is 58.2 Å². The van der Waals surface area contributed by atoms with E-state index >= 15 is 0 Å². The maximum atomic E-state index is 12.4. The maximum absolute atomic E-state index is 12.4. The van der Waals surface area contributed by atoms with Crippen LogP contribution in [0.3, 0.4) is 0 Å². The summed E-state index contributed by atoms with van der Waals surface area (Å²) in [6, 6.07) is 11.3. The predicted octanol–water partition coefficient (Wildman–Crippen LogP) is 4.77. The van der Waals surface area contributed by atoms with Gasteiger partial charge in [0, 0.05) is 22.4 Å². The molecule has 0 aromatic heterocycles. The Hall–Kier alpha value is -2.04. The maximum Gasteiger partial charge on any atom is 0.255 e. The number of benzene rings is 2. The molecule has 2 rings (SSSR count). The molecule has 0 radical (unpaired) electrons. The highest BCUT2D eigenvalue weighted by Crippen LogP contribution is 2.25. The fraction of sp³-hybridized carbons (Fsp3) is 0.222. The van der Waals surface area contributed by atoms with E-state index in [4.69, 9.17) is 23.2 Å². The van der Waals surface area contributed by atoms with Crippen molar-refractivity contribution < 1.29 is 9.59 Å². The fourth-order valence-corrected chi connectivity index (χ4v) is 2.29. The zero-order valence-electron chi connectivity index (χ0n) is 13.6. The molecule has 0 aliphatic heterocycles. The number of anilines is 1. The first kappa shape index (κ1) is 18.3. The Bertz CT molecular complexity index is 783. The van der Waals surface area contributed by atoms with Crippen LogP contribution in [0.25, 0.3) is 0 Å². The molecule has 2 amide bonds. The van der Waals surface area contributed by atoms with Crippen LogP contribution in [-0.4, -0.2) is 17.4 Å². The Balaban J connectivity index is 2.16. The molecule has 6 heteroatoms. The van der Waals surface area contributed by atoms with E-state index in [2.05, 4.69) is 10.6 Å². The summed E-state index contributed by atoms with van der Waals surface area (Å²) >= 11 is 11.8. The molecule has 2 aromatic rings. The first-order valence-corrected chi connectivity index (χ1v) is 8.10. The van der Waals surface area contributed by atoms with E-state index in [-0.39, 0.29) is 17.4 Å². The van der Waals surface area contributed by atoms with E-state index in [9.17, 15) is 9.59 Å². The molecule has 0 bridgehead atoms. The van der Waals surface area contributed by atoms with E-state index in [0.717, 1.165) is 0 Å². The number of carbonyl (C=O) groups excluding carboxylic acids is 2. The third kappa shape index (κ3) is 4.98. The Morgan fingerprint density at radius 3 is 2.08 bits per heavy atom. The highest BCUT2D eigenvalue weighted by molar-refractivity contribution is 6.42. The molecule has 0 fully saturated rings. The van der Waals surface area contributed by atoms with Gasteiger partial charge in [-0.3, -0.25) is 9.59 Å². The van der Waals surface area contributed by atoms with E-state index in [1.165, 1.54) is 0 Å². The van der Waals surface area contributed by atoms with Gasteiger partial charge in [0.2, 0.25) is 0 Å². The number of carbonyl (C=O) groups is 2. The Morgan fingerprint density at radius 1 is 0.875 bits per heavy atom. The second-order valence-corrected chi connectivity index (χ2v) is 7.18. The van der Waals surface area contributed by atoms with Crippen molar-refractivity contribution in [2.75, 3.05) is 5.32 Å². The standard InChI is InChI=1S/C18H18Cl2N2O2/c1-18(2,3)22-17(24)12-6-4-5-11(9-12)16(23)21-13-7-8-14(19)15(20)10-13/h4-10H,1-3H3,(H,21,23)(H,22,24). The molecule has 24 heavy (non-hydrogen) atoms. The first-order valence-electron chi connectivity index (χ1n) is 7.35. The summed E-state index contributed by atoms with van der Waals surface area (Å²) in [6.07, 6.45) is 0. The third-order valence-electron chi connectivity index (χ3n) is 3.05. The Morgan fingerprint density at radius 2 is 1.50 bits per heavy atom. The van der Waals surface area contributed by atoms with Gasteiger partial charge in [0.25, 0.3) is 11.8 Å². The summed E-state index contributed by atoms with van der Waals surface area (Å²) in [7, 11) is 0. The number of halogens is 2. The molecule has 0 unspecified atom stereocenters. The Kier molecular flexibility index (Phi) is 5.52. The molecule has 0 heterocycles. The van der Waals surface area contributed by atoms with Gasteiger partial charge in [-0.1, -0.05) is 29.3 Å². The van der Waals surface area contributed by atoms with Crippen LogP contribution >= 0.6 is 23.2 Å². The van der Waals surface area contributed by atoms with Crippen molar-refractivity contribution in [1.29, 1.82) is 0 Å². The van der Waals surface area contributed by atoms with Gasteiger partial charge in [-0.25, -0.2) is 0 Å². The van der Waals surface area contributed by atoms with E-state index in [1.54, 1.807) is 42.5 Å². The van der Waals surface area contributed by atoms with Crippen molar-refractivity contribution in [3.05, 3.63) is 63.6 Å². The molecule has 0 saturated heterocycles. The minimum atomic E-state index is -0.352. The lowest BCUT2D eigenvalue weighted by molar-refractivity contribution is 0.0919. The third-order valence-corrected chi connectivity index (χ3v) is 3.79. The summed E-state index contributed by atoms with van der Waals surface area (Å²) in [4.78, 5) is 24.6. The molecule has 126 valence electrons. The summed E-state index contributed by atoms with van der Waals surface area (Å²) in [5, 5.41) is 6.36. The first-order chi connectivity index (χ1) is 11.2. The molecule has 0 saturated carbocycles. The van der Waals surface area contributed by atoms with Gasteiger partial charge in [0.15, 0.2) is 0 Å². The zero-order chi connectivity index (χ0) is 17.9. The average molecular weight is 365 g/mol. The van der Waals surface area contributed by atoms with Gasteiger partial charge in [0.1, 0.15) is 0 Å². The molecule has 2 aromatic carbocycles. The van der Waals surface area contributed by atoms with Crippen LogP contribution in [0.5, 0.6) is 0 Å². The number of hydrogen-bond donors (Lipinski definition) is 2. The van der Waals surface area contributed by atoms with Crippen LogP contribution < -0.4 is 10.6 Å². The van der Waals surface area contributed by atoms with Crippen molar-refractivity contribution in [3.63, 3.8) is 0 Å². The minimum absolute atomic E-state index is 0.230. The van der Waals surface area contributed by atoms with Crippen molar-refractivity contribution in [1.82, 2.24) is 5.32 Å². The normalized spacial score (nSPS) is 11.0. The smallest absolute Gasteiger partial charge is 0.255 e. The van der Waals surface area contributed by atoms with E-state index in [1.807, 2.05) is 20.8 Å². The van der Waals surface area contributed by atoms with Gasteiger partial charge in [-0.05, 0) is 57.2 Å². The summed E-state index contributed by atoms with van der Waals surface area (Å²) in [5.41, 5.74) is 0.975. The number of hydrogen-bond acceptors (Lipinski definition) is 2. The number of rotatable bonds is 3. The molecule has 0 atom stereocenters. The molecule has 0 aliphatic rings. The van der Waals surface area contributed by atoms with Gasteiger partial charge in [-0.15, -0.1) is 0 Å². The largest absolute Gasteiger partial charge is 0.347 e. The Labute approximate surface area is 151 Å². The van der Waals surface area contributed by atoms with Crippen molar-refractivity contribution in [2.45, 2.75) is 26.3 Å². The molecule has 0 spiro atoms. The van der Waals surface area contributed by atoms with Gasteiger partial charge < -0.3 is 10.6 Å². The van der Waals surface area contributed by atoms with Crippen LogP contribution in [0.1, 0.15) is 41.5 Å². The lowest BCUT2D eigenvalue weighted by Gasteiger charge is -2.20. The lowest BCUT2D eigenvalue weighted by Crippen LogP contribution is -2.40. The van der Waals surface area contributed by atoms with Crippen molar-refractivity contribution in [3.8, 4) is 0 Å². The van der Waals surface area contributed by atoms with Gasteiger partial charge in [0.05, 0.1) is 10.0 Å². The molecule has 2 N–H and O–H groups in total. The minimum Gasteiger partial charge on any atom is -0.347 e. The summed E-state index contributed by atoms with van der Waals surface area (Å²) < 4.78 is 0. The lowest BCUT2D eigenvalue weighted by atomic mass is 10.1. The van der Waals surface area contributed by atoms with Crippen LogP contribution in [0.2, 0.25) is 10.0 Å². The SMILES string of the molecule is CC(C)(C)NC(=O)c1cccc(C(=O)Nc2ccc(Cl)c(Cl)c2)c1. The molecule has 4 nitrogen and oxygen atoms in total. The van der Waals surface area contributed by atoms with Crippen molar-refractivity contribution in [2.24, 2.45) is 0 Å². The number of amides is 2. The fourth-order valence-electron chi connectivity index (χ4n) is 1.99. The monoisotopic (exact) mass is 364 g/mol. The second kappa shape index (κ2) is 7.24. The molecular weight excluding hydrogens is 347 g/mol. The van der Waals surface area contributed by atoms with Crippen molar-refractivity contribution >= 4 is 40.7 Å². The van der Waals surface area contributed by atoms with E-state index in [0.29, 0.717) is 26.9 Å². The number of nitrogens with one attached hydrogen (secondary N) is 2. The van der Waals surface area contributed by atoms with E-state index < -0.39 is 0 Å². The summed E-state index contributed by atoms with van der Waals surface area (Å²) in [5.74, 6) is -0.564. The quantitative estimate of drug-likeness (QED) is 0.823. The van der Waals surface area contributed by atoms with Gasteiger partial charge >= 0.3 is 0 Å². The molecular formula is C18H18Cl2N2O2. The van der Waals surface area contributed by atoms with Crippen LogP contribution in [0.15, 0.2) is 42.5 Å². The highest BCUT2D eigenvalue weighted by Gasteiger charge is 2.16. The average Bonchev–Trinajstić information content (AvgIpc) is 2.49. The molecule has 0 aliphatic carbocycles. The van der Waals surface area contributed by atoms with Crippen LogP contribution in [0, 0.1) is 0 Å². The van der Waals surface area contributed by atoms with Gasteiger partial charge in [-0.2, -0.15) is 0 Å². The van der Waals surface area contributed by atoms with Crippen LogP contribution in [0.4, 0.5) is 5.69 Å². The summed E-state index contributed by atoms with van der Waals surface area (Å²) in [6.45, 7) is 5.68. The predicted molar refractivity (Wildman–Crippen MR) is 98.1 cm³/mol. The zero-order valence-corrected chi connectivity index (χ0v) is 15.1. The highest BCUT2D eigenvalue weighted by atomic mass is 35.5.